The monoisotopic (exact) mass is 697 g/mol. The van der Waals surface area contributed by atoms with E-state index in [9.17, 15) is 10.2 Å². The highest BCUT2D eigenvalue weighted by Crippen LogP contribution is 2.63. The van der Waals surface area contributed by atoms with Gasteiger partial charge in [-0.1, -0.05) is 73.1 Å². The molecule has 2 aliphatic carbocycles. The number of thioether (sulfide) groups is 1. The Morgan fingerprint density at radius 2 is 1.72 bits per heavy atom. The molecule has 1 fully saturated rings. The van der Waals surface area contributed by atoms with Gasteiger partial charge < -0.3 is 29.3 Å². The van der Waals surface area contributed by atoms with Gasteiger partial charge in [-0.15, -0.1) is 18.3 Å². The van der Waals surface area contributed by atoms with Crippen LogP contribution in [0.2, 0.25) is 0 Å². The Kier molecular flexibility index (Phi) is 12.4. The first-order valence-electron chi connectivity index (χ1n) is 18.2. The van der Waals surface area contributed by atoms with E-state index in [0.717, 1.165) is 71.8 Å². The number of benzene rings is 3. The van der Waals surface area contributed by atoms with E-state index in [1.54, 1.807) is 23.9 Å². The molecule has 0 saturated heterocycles. The minimum Gasteiger partial charge on any atom is -0.490 e. The number of unbranched alkanes of at least 4 members (excludes halogenated alkanes) is 2. The van der Waals surface area contributed by atoms with Crippen molar-refractivity contribution in [2.45, 2.75) is 73.7 Å². The van der Waals surface area contributed by atoms with Gasteiger partial charge in [0.2, 0.25) is 5.79 Å². The fourth-order valence-corrected chi connectivity index (χ4v) is 9.56. The van der Waals surface area contributed by atoms with Crippen LogP contribution in [0, 0.1) is 17.8 Å². The number of oxime groups is 1. The first-order valence-corrected chi connectivity index (χ1v) is 19.0. The van der Waals surface area contributed by atoms with Gasteiger partial charge in [-0.2, -0.15) is 0 Å². The van der Waals surface area contributed by atoms with E-state index < -0.39 is 5.79 Å². The zero-order valence-electron chi connectivity index (χ0n) is 29.2. The largest absolute Gasteiger partial charge is 0.490 e. The average molecular weight is 698 g/mol. The molecule has 0 bridgehead atoms. The molecule has 8 heteroatoms. The van der Waals surface area contributed by atoms with Gasteiger partial charge >= 0.3 is 0 Å². The fourth-order valence-electron chi connectivity index (χ4n) is 8.22. The molecule has 0 aromatic heterocycles. The van der Waals surface area contributed by atoms with Crippen molar-refractivity contribution in [1.29, 1.82) is 0 Å². The number of hydrogen-bond donors (Lipinski definition) is 2. The van der Waals surface area contributed by atoms with Gasteiger partial charge in [0.05, 0.1) is 23.5 Å². The smallest absolute Gasteiger partial charge is 0.231 e. The summed E-state index contributed by atoms with van der Waals surface area (Å²) in [6.07, 6.45) is 11.8. The van der Waals surface area contributed by atoms with E-state index in [2.05, 4.69) is 67.8 Å². The topological polar surface area (TPSA) is 89.7 Å². The summed E-state index contributed by atoms with van der Waals surface area (Å²) in [7, 11) is 0. The molecular formula is C42H51NO6S. The summed E-state index contributed by atoms with van der Waals surface area (Å²) in [5.74, 6) is 0.829. The molecule has 3 aliphatic rings. The molecule has 0 amide bonds. The maximum absolute atomic E-state index is 9.83. The van der Waals surface area contributed by atoms with Gasteiger partial charge in [0, 0.05) is 36.0 Å². The standard InChI is InChI=1S/C42H51NO6S/c1-4-23-46-32-18-20-38-36(27-32)40-34(16-10-12-22-45)31(15-9-11-21-44)26-35-37(43-48-6-3)28-39(42(49-38,41(35)40)47-24-5-2)50-33-19-17-29-13-7-8-14-30(29)25-33/h4-5,7-8,13-14,17-20,25-27,31,34,39-41,44-45H,1-2,6,9-12,15-16,21-24,28H2,3H3/t31-,34+,39-,40+,41+,42+/m0/s1. The third-order valence-electron chi connectivity index (χ3n) is 10.3. The highest BCUT2D eigenvalue weighted by atomic mass is 32.2. The number of fused-ring (bicyclic) bond motifs is 3. The van der Waals surface area contributed by atoms with Crippen LogP contribution in [0.25, 0.3) is 10.8 Å². The van der Waals surface area contributed by atoms with Gasteiger partial charge in [0.25, 0.3) is 0 Å². The van der Waals surface area contributed by atoms with Gasteiger partial charge in [0.15, 0.2) is 0 Å². The minimum absolute atomic E-state index is 0.0143. The molecule has 6 atom stereocenters. The summed E-state index contributed by atoms with van der Waals surface area (Å²) < 4.78 is 20.4. The lowest BCUT2D eigenvalue weighted by Crippen LogP contribution is -2.64. The van der Waals surface area contributed by atoms with Crippen molar-refractivity contribution in [3.8, 4) is 11.5 Å². The number of aliphatic hydroxyl groups excluding tert-OH is 2. The molecule has 2 N–H and O–H groups in total. The van der Waals surface area contributed by atoms with Crippen molar-refractivity contribution in [2.75, 3.05) is 33.0 Å². The Labute approximate surface area is 301 Å². The molecule has 3 aromatic rings. The third kappa shape index (κ3) is 7.54. The first kappa shape index (κ1) is 36.2. The Hall–Kier alpha value is -3.56. The van der Waals surface area contributed by atoms with Gasteiger partial charge in [0.1, 0.15) is 24.7 Å². The van der Waals surface area contributed by atoms with E-state index in [1.807, 2.05) is 19.1 Å². The zero-order chi connectivity index (χ0) is 34.9. The SMILES string of the molecule is C=CCOc1ccc2c(c1)[C@H]1[C@H](CCCCO)[C@@H](CCCCO)C=C3C(=NOCC)C[C@H](Sc4ccc5ccccc5c4)[C@@](OCC=C)(O2)[C@H]31. The molecule has 7 nitrogen and oxygen atoms in total. The minimum atomic E-state index is -1.03. The Balaban J connectivity index is 1.55. The van der Waals surface area contributed by atoms with Crippen LogP contribution < -0.4 is 9.47 Å². The predicted molar refractivity (Wildman–Crippen MR) is 202 cm³/mol. The van der Waals surface area contributed by atoms with E-state index >= 15 is 0 Å². The zero-order valence-corrected chi connectivity index (χ0v) is 30.0. The molecule has 1 aliphatic heterocycles. The van der Waals surface area contributed by atoms with Crippen LogP contribution in [-0.4, -0.2) is 60.0 Å². The van der Waals surface area contributed by atoms with Crippen molar-refractivity contribution in [3.05, 3.63) is 103 Å². The van der Waals surface area contributed by atoms with Crippen molar-refractivity contribution < 1.29 is 29.3 Å². The molecule has 3 aromatic carbocycles. The normalized spacial score (nSPS) is 26.0. The summed E-state index contributed by atoms with van der Waals surface area (Å²) >= 11 is 1.77. The number of rotatable bonds is 18. The number of nitrogens with zero attached hydrogens (tertiary/aromatic N) is 1. The van der Waals surface area contributed by atoms with Crippen molar-refractivity contribution in [2.24, 2.45) is 22.9 Å². The fraction of sp³-hybridized carbons (Fsp3) is 0.452. The quantitative estimate of drug-likeness (QED) is 0.0780. The Morgan fingerprint density at radius 3 is 2.48 bits per heavy atom. The van der Waals surface area contributed by atoms with E-state index in [1.165, 1.54) is 10.8 Å². The summed E-state index contributed by atoms with van der Waals surface area (Å²) in [5.41, 5.74) is 3.16. The Bertz CT molecular complexity index is 1690. The van der Waals surface area contributed by atoms with Crippen LogP contribution >= 0.6 is 11.8 Å². The lowest BCUT2D eigenvalue weighted by molar-refractivity contribution is -0.223. The van der Waals surface area contributed by atoms with Crippen LogP contribution in [0.1, 0.15) is 63.4 Å². The van der Waals surface area contributed by atoms with E-state index in [-0.39, 0.29) is 42.1 Å². The van der Waals surface area contributed by atoms with Crippen molar-refractivity contribution in [3.63, 3.8) is 0 Å². The van der Waals surface area contributed by atoms with Crippen LogP contribution in [0.3, 0.4) is 0 Å². The lowest BCUT2D eigenvalue weighted by Gasteiger charge is -2.58. The Morgan fingerprint density at radius 1 is 0.940 bits per heavy atom. The molecule has 0 unspecified atom stereocenters. The number of ether oxygens (including phenoxy) is 3. The van der Waals surface area contributed by atoms with Crippen LogP contribution in [0.4, 0.5) is 0 Å². The molecule has 1 saturated carbocycles. The number of allylic oxidation sites excluding steroid dienone is 1. The maximum atomic E-state index is 9.83. The third-order valence-corrected chi connectivity index (χ3v) is 11.6. The molecular weight excluding hydrogens is 647 g/mol. The van der Waals surface area contributed by atoms with Gasteiger partial charge in [-0.3, -0.25) is 0 Å². The average Bonchev–Trinajstić information content (AvgIpc) is 3.14. The molecule has 266 valence electrons. The predicted octanol–water partition coefficient (Wildman–Crippen LogP) is 8.85. The highest BCUT2D eigenvalue weighted by molar-refractivity contribution is 8.00. The second-order valence-corrected chi connectivity index (χ2v) is 14.7. The van der Waals surface area contributed by atoms with E-state index in [0.29, 0.717) is 26.2 Å². The molecule has 6 rings (SSSR count). The van der Waals surface area contributed by atoms with Crippen molar-refractivity contribution in [1.82, 2.24) is 0 Å². The van der Waals surface area contributed by atoms with Gasteiger partial charge in [-0.25, -0.2) is 0 Å². The molecule has 0 radical (unpaired) electrons. The summed E-state index contributed by atoms with van der Waals surface area (Å²) in [6, 6.07) is 21.2. The second kappa shape index (κ2) is 17.1. The molecule has 50 heavy (non-hydrogen) atoms. The van der Waals surface area contributed by atoms with Gasteiger partial charge in [-0.05, 0) is 91.1 Å². The first-order chi connectivity index (χ1) is 24.6. The number of hydrogen-bond acceptors (Lipinski definition) is 8. The molecule has 0 spiro atoms. The van der Waals surface area contributed by atoms with E-state index in [4.69, 9.17) is 24.2 Å². The highest BCUT2D eigenvalue weighted by Gasteiger charge is 2.64. The van der Waals surface area contributed by atoms with Crippen LogP contribution in [-0.2, 0) is 9.57 Å². The molecule has 1 heterocycles. The van der Waals surface area contributed by atoms with Crippen molar-refractivity contribution >= 4 is 28.2 Å². The summed E-state index contributed by atoms with van der Waals surface area (Å²) in [6.45, 7) is 11.4. The van der Waals surface area contributed by atoms with Crippen LogP contribution in [0.15, 0.2) is 108 Å². The number of aliphatic hydroxyl groups is 2. The maximum Gasteiger partial charge on any atom is 0.231 e. The second-order valence-electron chi connectivity index (χ2n) is 13.4. The summed E-state index contributed by atoms with van der Waals surface area (Å²) in [4.78, 5) is 6.97. The summed E-state index contributed by atoms with van der Waals surface area (Å²) in [5, 5.41) is 26.6. The van der Waals surface area contributed by atoms with Crippen LogP contribution in [0.5, 0.6) is 11.5 Å². The lowest BCUT2D eigenvalue weighted by atomic mass is 9.56.